The number of hydrogen-bond acceptors (Lipinski definition) is 4. The molecule has 17 heavy (non-hydrogen) atoms. The van der Waals surface area contributed by atoms with Gasteiger partial charge < -0.3 is 4.90 Å². The minimum Gasteiger partial charge on any atom is -0.324 e. The van der Waals surface area contributed by atoms with Crippen molar-refractivity contribution in [3.8, 4) is 0 Å². The van der Waals surface area contributed by atoms with Crippen molar-refractivity contribution in [1.82, 2.24) is 9.88 Å². The third-order valence-corrected chi connectivity index (χ3v) is 3.48. The van der Waals surface area contributed by atoms with E-state index in [1.165, 1.54) is 24.7 Å². The normalized spacial score (nSPS) is 15.7. The van der Waals surface area contributed by atoms with Crippen LogP contribution < -0.4 is 5.32 Å². The smallest absolute Gasteiger partial charge is 0.323 e. The maximum Gasteiger partial charge on any atom is 0.323 e. The van der Waals surface area contributed by atoms with E-state index in [1.807, 2.05) is 0 Å². The molecular weight excluding hydrogens is 238 g/mol. The van der Waals surface area contributed by atoms with Crippen LogP contribution in [-0.2, 0) is 0 Å². The van der Waals surface area contributed by atoms with Crippen molar-refractivity contribution < 1.29 is 9.59 Å². The van der Waals surface area contributed by atoms with E-state index >= 15 is 0 Å². The van der Waals surface area contributed by atoms with Gasteiger partial charge in [-0.1, -0.05) is 0 Å². The molecule has 6 heteroatoms. The van der Waals surface area contributed by atoms with Gasteiger partial charge in [-0.25, -0.2) is 9.78 Å². The molecule has 2 heterocycles. The average molecular weight is 253 g/mol. The van der Waals surface area contributed by atoms with Crippen LogP contribution in [0.4, 0.5) is 9.93 Å². The first-order valence-corrected chi connectivity index (χ1v) is 6.57. The van der Waals surface area contributed by atoms with Crippen LogP contribution in [0.2, 0.25) is 0 Å². The summed E-state index contributed by atoms with van der Waals surface area (Å²) in [4.78, 5) is 28.8. The number of nitrogens with one attached hydrogen (secondary N) is 1. The van der Waals surface area contributed by atoms with Crippen molar-refractivity contribution in [2.45, 2.75) is 26.2 Å². The van der Waals surface area contributed by atoms with Crippen molar-refractivity contribution in [3.63, 3.8) is 0 Å². The number of ketones is 1. The molecule has 0 unspecified atom stereocenters. The minimum absolute atomic E-state index is 0.0836. The minimum atomic E-state index is -0.117. The number of rotatable bonds is 2. The van der Waals surface area contributed by atoms with Crippen molar-refractivity contribution >= 4 is 28.3 Å². The third-order valence-electron chi connectivity index (χ3n) is 2.72. The highest BCUT2D eigenvalue weighted by Gasteiger charge is 2.17. The summed E-state index contributed by atoms with van der Waals surface area (Å²) in [5.41, 5.74) is 0.406. The van der Waals surface area contributed by atoms with E-state index in [-0.39, 0.29) is 11.8 Å². The van der Waals surface area contributed by atoms with Gasteiger partial charge in [0.15, 0.2) is 10.9 Å². The predicted molar refractivity (Wildman–Crippen MR) is 66.6 cm³/mol. The number of carbonyl (C=O) groups is 2. The Bertz CT molecular complexity index is 424. The SMILES string of the molecule is CC(=O)c1csc(NC(=O)N2CCCCC2)n1. The molecule has 1 aliphatic rings. The monoisotopic (exact) mass is 253 g/mol. The maximum atomic E-state index is 11.8. The Kier molecular flexibility index (Phi) is 3.73. The van der Waals surface area contributed by atoms with Gasteiger partial charge in [0.05, 0.1) is 0 Å². The van der Waals surface area contributed by atoms with Crippen molar-refractivity contribution in [2.24, 2.45) is 0 Å². The molecule has 0 saturated carbocycles. The van der Waals surface area contributed by atoms with Gasteiger partial charge in [-0.15, -0.1) is 11.3 Å². The summed E-state index contributed by atoms with van der Waals surface area (Å²) in [5, 5.41) is 4.88. The molecule has 5 nitrogen and oxygen atoms in total. The number of urea groups is 1. The number of carbonyl (C=O) groups excluding carboxylic acids is 2. The Morgan fingerprint density at radius 2 is 2.06 bits per heavy atom. The summed E-state index contributed by atoms with van der Waals surface area (Å²) >= 11 is 1.28. The summed E-state index contributed by atoms with van der Waals surface area (Å²) in [7, 11) is 0. The van der Waals surface area contributed by atoms with E-state index in [2.05, 4.69) is 10.3 Å². The highest BCUT2D eigenvalue weighted by Crippen LogP contribution is 2.17. The second-order valence-corrected chi connectivity index (χ2v) is 4.93. The van der Waals surface area contributed by atoms with Gasteiger partial charge in [-0.05, 0) is 19.3 Å². The van der Waals surface area contributed by atoms with Gasteiger partial charge in [-0.3, -0.25) is 10.1 Å². The van der Waals surface area contributed by atoms with E-state index < -0.39 is 0 Å². The largest absolute Gasteiger partial charge is 0.324 e. The van der Waals surface area contributed by atoms with Crippen LogP contribution in [0.5, 0.6) is 0 Å². The third kappa shape index (κ3) is 3.03. The van der Waals surface area contributed by atoms with Crippen LogP contribution in [-0.4, -0.2) is 34.8 Å². The lowest BCUT2D eigenvalue weighted by atomic mass is 10.1. The van der Waals surface area contributed by atoms with E-state index in [4.69, 9.17) is 0 Å². The standard InChI is InChI=1S/C11H15N3O2S/c1-8(15)9-7-17-10(12-9)13-11(16)14-5-3-2-4-6-14/h7H,2-6H2,1H3,(H,12,13,16). The Morgan fingerprint density at radius 3 is 2.65 bits per heavy atom. The highest BCUT2D eigenvalue weighted by atomic mass is 32.1. The average Bonchev–Trinajstić information content (AvgIpc) is 2.79. The Balaban J connectivity index is 1.94. The fraction of sp³-hybridized carbons (Fsp3) is 0.545. The lowest BCUT2D eigenvalue weighted by Crippen LogP contribution is -2.38. The zero-order valence-corrected chi connectivity index (χ0v) is 10.5. The lowest BCUT2D eigenvalue weighted by Gasteiger charge is -2.26. The van der Waals surface area contributed by atoms with Gasteiger partial charge in [0.2, 0.25) is 0 Å². The second kappa shape index (κ2) is 5.27. The number of anilines is 1. The number of piperidine rings is 1. The number of aromatic nitrogens is 1. The van der Waals surface area contributed by atoms with Crippen molar-refractivity contribution in [2.75, 3.05) is 18.4 Å². The molecule has 0 atom stereocenters. The summed E-state index contributed by atoms with van der Waals surface area (Å²) in [6.45, 7) is 3.07. The number of nitrogens with zero attached hydrogens (tertiary/aromatic N) is 2. The van der Waals surface area contributed by atoms with E-state index in [1.54, 1.807) is 10.3 Å². The number of amides is 2. The number of hydrogen-bond donors (Lipinski definition) is 1. The fourth-order valence-electron chi connectivity index (χ4n) is 1.76. The van der Waals surface area contributed by atoms with Crippen LogP contribution >= 0.6 is 11.3 Å². The molecular formula is C11H15N3O2S. The van der Waals surface area contributed by atoms with Crippen LogP contribution in [0.15, 0.2) is 5.38 Å². The molecule has 0 radical (unpaired) electrons. The summed E-state index contributed by atoms with van der Waals surface area (Å²) in [5.74, 6) is -0.0836. The Morgan fingerprint density at radius 1 is 1.35 bits per heavy atom. The van der Waals surface area contributed by atoms with Gasteiger partial charge in [0.1, 0.15) is 5.69 Å². The Labute approximate surface area is 104 Å². The van der Waals surface area contributed by atoms with E-state index in [9.17, 15) is 9.59 Å². The molecule has 2 rings (SSSR count). The molecule has 92 valence electrons. The highest BCUT2D eigenvalue weighted by molar-refractivity contribution is 7.14. The molecule has 1 N–H and O–H groups in total. The van der Waals surface area contributed by atoms with Gasteiger partial charge >= 0.3 is 6.03 Å². The molecule has 1 aromatic rings. The summed E-state index contributed by atoms with van der Waals surface area (Å²) < 4.78 is 0. The zero-order chi connectivity index (χ0) is 12.3. The van der Waals surface area contributed by atoms with Crippen LogP contribution in [0, 0.1) is 0 Å². The van der Waals surface area contributed by atoms with Crippen LogP contribution in [0.25, 0.3) is 0 Å². The lowest BCUT2D eigenvalue weighted by molar-refractivity contribution is 0.101. The second-order valence-electron chi connectivity index (χ2n) is 4.07. The number of likely N-dealkylation sites (tertiary alicyclic amines) is 1. The first-order chi connectivity index (χ1) is 8.16. The van der Waals surface area contributed by atoms with Gasteiger partial charge in [-0.2, -0.15) is 0 Å². The maximum absolute atomic E-state index is 11.8. The van der Waals surface area contributed by atoms with Crippen molar-refractivity contribution in [3.05, 3.63) is 11.1 Å². The van der Waals surface area contributed by atoms with E-state index in [0.29, 0.717) is 10.8 Å². The van der Waals surface area contributed by atoms with Crippen LogP contribution in [0.1, 0.15) is 36.7 Å². The number of thiazole rings is 1. The van der Waals surface area contributed by atoms with Gasteiger partial charge in [0, 0.05) is 25.4 Å². The summed E-state index contributed by atoms with van der Waals surface area (Å²) in [6, 6.07) is -0.117. The quantitative estimate of drug-likeness (QED) is 0.823. The molecule has 0 spiro atoms. The molecule has 1 aliphatic heterocycles. The predicted octanol–water partition coefficient (Wildman–Crippen LogP) is 2.36. The van der Waals surface area contributed by atoms with Crippen molar-refractivity contribution in [1.29, 1.82) is 0 Å². The number of Topliss-reactive ketones (excluding diaryl/α,β-unsaturated/α-hetero) is 1. The fourth-order valence-corrected chi connectivity index (χ4v) is 2.50. The molecule has 0 aromatic carbocycles. The zero-order valence-electron chi connectivity index (χ0n) is 9.73. The van der Waals surface area contributed by atoms with Gasteiger partial charge in [0.25, 0.3) is 0 Å². The topological polar surface area (TPSA) is 62.3 Å². The van der Waals surface area contributed by atoms with E-state index in [0.717, 1.165) is 25.9 Å². The Hall–Kier alpha value is -1.43. The molecule has 1 fully saturated rings. The first kappa shape index (κ1) is 12.0. The summed E-state index contributed by atoms with van der Waals surface area (Å²) in [6.07, 6.45) is 3.31. The molecule has 1 aromatic heterocycles. The molecule has 0 bridgehead atoms. The first-order valence-electron chi connectivity index (χ1n) is 5.69. The molecule has 0 aliphatic carbocycles. The van der Waals surface area contributed by atoms with Crippen LogP contribution in [0.3, 0.4) is 0 Å². The molecule has 1 saturated heterocycles. The molecule has 2 amide bonds.